The molecule has 0 aliphatic rings. The number of hydrogen-bond acceptors (Lipinski definition) is 8. The third-order valence-electron chi connectivity index (χ3n) is 4.51. The van der Waals surface area contributed by atoms with E-state index in [4.69, 9.17) is 14.2 Å². The molecule has 0 aliphatic heterocycles. The lowest BCUT2D eigenvalue weighted by Crippen LogP contribution is -2.32. The van der Waals surface area contributed by atoms with Gasteiger partial charge in [0, 0.05) is 0 Å². The number of ether oxygens (including phenoxy) is 3. The lowest BCUT2D eigenvalue weighted by molar-refractivity contribution is 0.0605. The summed E-state index contributed by atoms with van der Waals surface area (Å²) in [5.74, 6) is 1.24. The lowest BCUT2D eigenvalue weighted by atomic mass is 10.2. The molecule has 0 unspecified atom stereocenters. The van der Waals surface area contributed by atoms with Crippen LogP contribution in [0.4, 0.5) is 0 Å². The number of benzene rings is 1. The zero-order valence-electron chi connectivity index (χ0n) is 16.6. The third-order valence-corrected chi connectivity index (χ3v) is 5.67. The van der Waals surface area contributed by atoms with E-state index < -0.39 is 12.1 Å². The smallest absolute Gasteiger partial charge is 0.348 e. The van der Waals surface area contributed by atoms with Gasteiger partial charge in [0.15, 0.2) is 0 Å². The number of aliphatic hydroxyl groups is 1. The molecule has 8 nitrogen and oxygen atoms in total. The van der Waals surface area contributed by atoms with Crippen molar-refractivity contribution in [2.24, 2.45) is 0 Å². The predicted molar refractivity (Wildman–Crippen MR) is 109 cm³/mol. The van der Waals surface area contributed by atoms with Gasteiger partial charge in [0.05, 0.1) is 26.2 Å². The van der Waals surface area contributed by atoms with Crippen molar-refractivity contribution in [1.82, 2.24) is 9.55 Å². The number of rotatable bonds is 7. The number of fused-ring (bicyclic) bond motifs is 1. The second-order valence-electron chi connectivity index (χ2n) is 6.44. The minimum Gasteiger partial charge on any atom is -0.497 e. The molecule has 3 rings (SSSR count). The van der Waals surface area contributed by atoms with Crippen molar-refractivity contribution in [3.8, 4) is 11.5 Å². The topological polar surface area (TPSA) is 99.9 Å². The van der Waals surface area contributed by atoms with Crippen molar-refractivity contribution in [2.75, 3.05) is 20.8 Å². The van der Waals surface area contributed by atoms with Crippen LogP contribution >= 0.6 is 11.3 Å². The predicted octanol–water partition coefficient (Wildman–Crippen LogP) is 2.31. The molecule has 154 valence electrons. The van der Waals surface area contributed by atoms with Crippen LogP contribution in [0.5, 0.6) is 11.5 Å². The summed E-state index contributed by atoms with van der Waals surface area (Å²) in [6.45, 7) is 3.40. The molecule has 0 aliphatic carbocycles. The summed E-state index contributed by atoms with van der Waals surface area (Å²) in [4.78, 5) is 30.2. The lowest BCUT2D eigenvalue weighted by Gasteiger charge is -2.16. The van der Waals surface area contributed by atoms with Crippen LogP contribution < -0.4 is 15.0 Å². The standard InChI is InChI=1S/C20H22N2O6S/c1-11-16-18(29-17(11)20(25)27-4)21-12(2)22(19(16)24)9-13(23)10-28-15-7-5-14(26-3)6-8-15/h5-8,13,23H,9-10H2,1-4H3/t13-/m0/s1. The van der Waals surface area contributed by atoms with Crippen LogP contribution in [0, 0.1) is 13.8 Å². The van der Waals surface area contributed by atoms with E-state index in [-0.39, 0.29) is 18.7 Å². The Kier molecular flexibility index (Phi) is 6.19. The molecule has 29 heavy (non-hydrogen) atoms. The fourth-order valence-electron chi connectivity index (χ4n) is 2.95. The van der Waals surface area contributed by atoms with Crippen molar-refractivity contribution in [3.63, 3.8) is 0 Å². The zero-order valence-corrected chi connectivity index (χ0v) is 17.4. The Labute approximate surface area is 171 Å². The largest absolute Gasteiger partial charge is 0.497 e. The Balaban J connectivity index is 1.80. The first kappa shape index (κ1) is 20.8. The van der Waals surface area contributed by atoms with Gasteiger partial charge in [0.2, 0.25) is 0 Å². The first-order chi connectivity index (χ1) is 13.8. The fourth-order valence-corrected chi connectivity index (χ4v) is 4.08. The number of thiophene rings is 1. The van der Waals surface area contributed by atoms with Crippen LogP contribution in [-0.4, -0.2) is 47.6 Å². The molecule has 0 radical (unpaired) electrons. The second-order valence-corrected chi connectivity index (χ2v) is 7.44. The average Bonchev–Trinajstić information content (AvgIpc) is 3.05. The van der Waals surface area contributed by atoms with E-state index in [0.29, 0.717) is 38.0 Å². The molecule has 1 atom stereocenters. The molecule has 0 fully saturated rings. The molecule has 9 heteroatoms. The normalized spacial score (nSPS) is 12.0. The van der Waals surface area contributed by atoms with E-state index in [0.717, 1.165) is 11.3 Å². The molecule has 2 aromatic heterocycles. The molecule has 1 N–H and O–H groups in total. The maximum Gasteiger partial charge on any atom is 0.348 e. The van der Waals surface area contributed by atoms with Crippen molar-refractivity contribution >= 4 is 27.5 Å². The van der Waals surface area contributed by atoms with Crippen LogP contribution in [-0.2, 0) is 11.3 Å². The number of nitrogens with zero attached hydrogens (tertiary/aromatic N) is 2. The number of aromatic nitrogens is 2. The third kappa shape index (κ3) is 4.25. The number of aliphatic hydroxyl groups excluding tert-OH is 1. The zero-order chi connectivity index (χ0) is 21.1. The number of aryl methyl sites for hydroxylation is 2. The Hall–Kier alpha value is -2.91. The molecule has 0 saturated heterocycles. The van der Waals surface area contributed by atoms with Gasteiger partial charge in [0.1, 0.15) is 39.7 Å². The molecule has 0 spiro atoms. The molecule has 0 amide bonds. The van der Waals surface area contributed by atoms with Crippen molar-refractivity contribution in [1.29, 1.82) is 0 Å². The number of methoxy groups -OCH3 is 2. The quantitative estimate of drug-likeness (QED) is 0.588. The summed E-state index contributed by atoms with van der Waals surface area (Å²) in [7, 11) is 2.87. The SMILES string of the molecule is COC(=O)c1sc2nc(C)n(C[C@H](O)COc3ccc(OC)cc3)c(=O)c2c1C. The van der Waals surface area contributed by atoms with Crippen LogP contribution in [0.2, 0.25) is 0 Å². The number of hydrogen-bond donors (Lipinski definition) is 1. The van der Waals surface area contributed by atoms with Crippen LogP contribution in [0.1, 0.15) is 21.1 Å². The van der Waals surface area contributed by atoms with E-state index >= 15 is 0 Å². The highest BCUT2D eigenvalue weighted by atomic mass is 32.1. The highest BCUT2D eigenvalue weighted by molar-refractivity contribution is 7.20. The van der Waals surface area contributed by atoms with E-state index in [1.54, 1.807) is 45.2 Å². The maximum absolute atomic E-state index is 13.0. The van der Waals surface area contributed by atoms with E-state index in [9.17, 15) is 14.7 Å². The van der Waals surface area contributed by atoms with E-state index in [2.05, 4.69) is 4.98 Å². The van der Waals surface area contributed by atoms with Gasteiger partial charge < -0.3 is 19.3 Å². The van der Waals surface area contributed by atoms with Gasteiger partial charge in [0.25, 0.3) is 5.56 Å². The highest BCUT2D eigenvalue weighted by Gasteiger charge is 2.22. The molecule has 3 aromatic rings. The Bertz CT molecular complexity index is 1090. The average molecular weight is 418 g/mol. The summed E-state index contributed by atoms with van der Waals surface area (Å²) in [5, 5.41) is 10.7. The molecule has 0 bridgehead atoms. The number of carbonyl (C=O) groups excluding carboxylic acids is 1. The molecular formula is C20H22N2O6S. The van der Waals surface area contributed by atoms with Gasteiger partial charge in [-0.25, -0.2) is 9.78 Å². The van der Waals surface area contributed by atoms with Crippen LogP contribution in [0.25, 0.3) is 10.2 Å². The Morgan fingerprint density at radius 3 is 2.48 bits per heavy atom. The second kappa shape index (κ2) is 8.62. The molecule has 0 saturated carbocycles. The summed E-state index contributed by atoms with van der Waals surface area (Å²) >= 11 is 1.13. The summed E-state index contributed by atoms with van der Waals surface area (Å²) in [6.07, 6.45) is -0.924. The minimum absolute atomic E-state index is 0.00623. The Morgan fingerprint density at radius 1 is 1.21 bits per heavy atom. The van der Waals surface area contributed by atoms with Gasteiger partial charge in [-0.05, 0) is 43.7 Å². The highest BCUT2D eigenvalue weighted by Crippen LogP contribution is 2.28. The molecule has 2 heterocycles. The van der Waals surface area contributed by atoms with E-state index in [1.807, 2.05) is 0 Å². The van der Waals surface area contributed by atoms with Crippen molar-refractivity contribution in [3.05, 3.63) is 50.9 Å². The number of carbonyl (C=O) groups is 1. The summed E-state index contributed by atoms with van der Waals surface area (Å²) < 4.78 is 16.8. The number of esters is 1. The van der Waals surface area contributed by atoms with Gasteiger partial charge in [-0.1, -0.05) is 0 Å². The van der Waals surface area contributed by atoms with Gasteiger partial charge in [-0.15, -0.1) is 11.3 Å². The monoisotopic (exact) mass is 418 g/mol. The van der Waals surface area contributed by atoms with Gasteiger partial charge in [-0.2, -0.15) is 0 Å². The van der Waals surface area contributed by atoms with E-state index in [1.165, 1.54) is 11.7 Å². The minimum atomic E-state index is -0.924. The van der Waals surface area contributed by atoms with Crippen molar-refractivity contribution < 1.29 is 24.1 Å². The van der Waals surface area contributed by atoms with Crippen LogP contribution in [0.15, 0.2) is 29.1 Å². The van der Waals surface area contributed by atoms with Crippen LogP contribution in [0.3, 0.4) is 0 Å². The summed E-state index contributed by atoms with van der Waals surface area (Å²) in [5.41, 5.74) is 0.229. The van der Waals surface area contributed by atoms with Crippen molar-refractivity contribution in [2.45, 2.75) is 26.5 Å². The Morgan fingerprint density at radius 2 is 1.86 bits per heavy atom. The molecular weight excluding hydrogens is 396 g/mol. The maximum atomic E-state index is 13.0. The van der Waals surface area contributed by atoms with Gasteiger partial charge in [-0.3, -0.25) is 9.36 Å². The first-order valence-corrected chi connectivity index (χ1v) is 9.71. The summed E-state index contributed by atoms with van der Waals surface area (Å²) in [6, 6.07) is 6.98. The fraction of sp³-hybridized carbons (Fsp3) is 0.350. The molecule has 1 aromatic carbocycles. The first-order valence-electron chi connectivity index (χ1n) is 8.89. The van der Waals surface area contributed by atoms with Gasteiger partial charge >= 0.3 is 5.97 Å².